The van der Waals surface area contributed by atoms with Gasteiger partial charge in [0.15, 0.2) is 0 Å². The highest BCUT2D eigenvalue weighted by Crippen LogP contribution is 2.16. The van der Waals surface area contributed by atoms with Gasteiger partial charge in [-0.15, -0.1) is 11.3 Å². The van der Waals surface area contributed by atoms with Crippen LogP contribution in [0.5, 0.6) is 0 Å². The first kappa shape index (κ1) is 13.9. The van der Waals surface area contributed by atoms with Crippen LogP contribution in [0.4, 0.5) is 0 Å². The fraction of sp³-hybridized carbons (Fsp3) is 0.429. The van der Waals surface area contributed by atoms with E-state index in [1.54, 1.807) is 11.4 Å². The molecule has 21 heavy (non-hydrogen) atoms. The van der Waals surface area contributed by atoms with Gasteiger partial charge in [0.25, 0.3) is 11.5 Å². The van der Waals surface area contributed by atoms with E-state index >= 15 is 0 Å². The lowest BCUT2D eigenvalue weighted by Gasteiger charge is -2.07. The lowest BCUT2D eigenvalue weighted by Crippen LogP contribution is -2.32. The minimum Gasteiger partial charge on any atom is -0.349 e. The van der Waals surface area contributed by atoms with Gasteiger partial charge in [-0.25, -0.2) is 9.67 Å². The molecule has 110 valence electrons. The fourth-order valence-electron chi connectivity index (χ4n) is 2.43. The third-order valence-electron chi connectivity index (χ3n) is 3.48. The molecule has 1 aliphatic rings. The summed E-state index contributed by atoms with van der Waals surface area (Å²) in [6.45, 7) is 2.59. The van der Waals surface area contributed by atoms with Crippen LogP contribution in [0.3, 0.4) is 0 Å². The van der Waals surface area contributed by atoms with Crippen molar-refractivity contribution in [1.82, 2.24) is 20.1 Å². The number of hydrogen-bond donors (Lipinski definition) is 1. The van der Waals surface area contributed by atoms with Crippen molar-refractivity contribution >= 4 is 17.2 Å². The molecule has 0 saturated carbocycles. The van der Waals surface area contributed by atoms with E-state index in [-0.39, 0.29) is 11.5 Å². The quantitative estimate of drug-likeness (QED) is 0.911. The number of carbonyl (C=O) groups excluding carboxylic acids is 1. The van der Waals surface area contributed by atoms with Crippen LogP contribution >= 0.6 is 11.3 Å². The largest absolute Gasteiger partial charge is 0.349 e. The van der Waals surface area contributed by atoms with Gasteiger partial charge in [-0.05, 0) is 31.7 Å². The molecule has 2 heterocycles. The molecule has 0 bridgehead atoms. The van der Waals surface area contributed by atoms with Crippen molar-refractivity contribution in [2.24, 2.45) is 0 Å². The Morgan fingerprint density at radius 2 is 2.33 bits per heavy atom. The average molecular weight is 304 g/mol. The Morgan fingerprint density at radius 3 is 3.10 bits per heavy atom. The molecule has 2 aromatic rings. The van der Waals surface area contributed by atoms with E-state index in [1.807, 2.05) is 6.92 Å². The van der Waals surface area contributed by atoms with Crippen molar-refractivity contribution in [2.75, 3.05) is 6.54 Å². The Bertz CT molecular complexity index is 735. The monoisotopic (exact) mass is 304 g/mol. The maximum absolute atomic E-state index is 11.9. The van der Waals surface area contributed by atoms with Crippen molar-refractivity contribution in [2.45, 2.75) is 32.7 Å². The van der Waals surface area contributed by atoms with Crippen LogP contribution < -0.4 is 10.9 Å². The zero-order valence-electron chi connectivity index (χ0n) is 11.8. The minimum atomic E-state index is -0.214. The molecule has 0 spiro atoms. The number of nitrogens with zero attached hydrogens (tertiary/aromatic N) is 3. The van der Waals surface area contributed by atoms with Crippen LogP contribution in [-0.2, 0) is 19.4 Å². The number of carbonyl (C=O) groups is 1. The summed E-state index contributed by atoms with van der Waals surface area (Å²) in [6, 6.07) is 1.67. The van der Waals surface area contributed by atoms with Crippen LogP contribution in [-0.4, -0.2) is 27.2 Å². The zero-order chi connectivity index (χ0) is 14.8. The third-order valence-corrected chi connectivity index (χ3v) is 4.26. The molecule has 0 saturated heterocycles. The standard InChI is InChI=1S/C14H16N4O2S/c1-9-16-12(8-21-9)14(20)15-5-6-18-13(19)7-10-3-2-4-11(10)17-18/h7-8H,2-6H2,1H3,(H,15,20). The summed E-state index contributed by atoms with van der Waals surface area (Å²) in [5.74, 6) is -0.214. The van der Waals surface area contributed by atoms with Gasteiger partial charge in [0, 0.05) is 18.0 Å². The van der Waals surface area contributed by atoms with E-state index in [9.17, 15) is 9.59 Å². The molecule has 1 amide bonds. The highest BCUT2D eigenvalue weighted by Gasteiger charge is 2.15. The molecule has 0 unspecified atom stereocenters. The second-order valence-electron chi connectivity index (χ2n) is 5.04. The van der Waals surface area contributed by atoms with Crippen molar-refractivity contribution in [1.29, 1.82) is 0 Å². The van der Waals surface area contributed by atoms with Gasteiger partial charge in [0.1, 0.15) is 5.69 Å². The summed E-state index contributed by atoms with van der Waals surface area (Å²) < 4.78 is 1.43. The van der Waals surface area contributed by atoms with Gasteiger partial charge in [-0.2, -0.15) is 5.10 Å². The first-order chi connectivity index (χ1) is 10.1. The van der Waals surface area contributed by atoms with Gasteiger partial charge in [-0.1, -0.05) is 0 Å². The molecule has 3 rings (SSSR count). The Balaban J connectivity index is 1.61. The molecule has 0 aromatic carbocycles. The highest BCUT2D eigenvalue weighted by molar-refractivity contribution is 7.09. The van der Waals surface area contributed by atoms with E-state index in [4.69, 9.17) is 0 Å². The summed E-state index contributed by atoms with van der Waals surface area (Å²) in [7, 11) is 0. The minimum absolute atomic E-state index is 0.102. The molecular weight excluding hydrogens is 288 g/mol. The summed E-state index contributed by atoms with van der Waals surface area (Å²) >= 11 is 1.44. The number of amides is 1. The van der Waals surface area contributed by atoms with Gasteiger partial charge in [0.2, 0.25) is 0 Å². The molecule has 2 aromatic heterocycles. The summed E-state index contributed by atoms with van der Waals surface area (Å²) in [6.07, 6.45) is 2.93. The average Bonchev–Trinajstić information content (AvgIpc) is 3.07. The molecule has 0 radical (unpaired) electrons. The smallest absolute Gasteiger partial charge is 0.270 e. The Kier molecular flexibility index (Phi) is 3.83. The summed E-state index contributed by atoms with van der Waals surface area (Å²) in [5.41, 5.74) is 2.40. The number of rotatable bonds is 4. The van der Waals surface area contributed by atoms with E-state index < -0.39 is 0 Å². The Labute approximate surface area is 125 Å². The lowest BCUT2D eigenvalue weighted by molar-refractivity contribution is 0.0947. The zero-order valence-corrected chi connectivity index (χ0v) is 12.6. The number of aryl methyl sites for hydroxylation is 3. The molecule has 1 aliphatic carbocycles. The SMILES string of the molecule is Cc1nc(C(=O)NCCn2nc3c(cc2=O)CCC3)cs1. The van der Waals surface area contributed by atoms with E-state index in [0.29, 0.717) is 18.8 Å². The molecule has 6 nitrogen and oxygen atoms in total. The number of nitrogens with one attached hydrogen (secondary N) is 1. The number of hydrogen-bond acceptors (Lipinski definition) is 5. The van der Waals surface area contributed by atoms with E-state index in [1.165, 1.54) is 16.0 Å². The second-order valence-corrected chi connectivity index (χ2v) is 6.10. The van der Waals surface area contributed by atoms with Crippen molar-refractivity contribution in [3.63, 3.8) is 0 Å². The van der Waals surface area contributed by atoms with Crippen molar-refractivity contribution < 1.29 is 4.79 Å². The van der Waals surface area contributed by atoms with Gasteiger partial charge < -0.3 is 5.32 Å². The topological polar surface area (TPSA) is 76.9 Å². The van der Waals surface area contributed by atoms with Crippen LogP contribution in [0.25, 0.3) is 0 Å². The Morgan fingerprint density at radius 1 is 1.48 bits per heavy atom. The summed E-state index contributed by atoms with van der Waals surface area (Å²) in [4.78, 5) is 27.9. The molecule has 0 fully saturated rings. The molecule has 7 heteroatoms. The second kappa shape index (κ2) is 5.77. The van der Waals surface area contributed by atoms with Gasteiger partial charge >= 0.3 is 0 Å². The summed E-state index contributed by atoms with van der Waals surface area (Å²) in [5, 5.41) is 9.71. The lowest BCUT2D eigenvalue weighted by atomic mass is 10.2. The Hall–Kier alpha value is -2.02. The normalized spacial score (nSPS) is 13.2. The van der Waals surface area contributed by atoms with E-state index in [0.717, 1.165) is 35.5 Å². The van der Waals surface area contributed by atoms with E-state index in [2.05, 4.69) is 15.4 Å². The van der Waals surface area contributed by atoms with Crippen molar-refractivity contribution in [3.05, 3.63) is 43.8 Å². The van der Waals surface area contributed by atoms with Gasteiger partial charge in [0.05, 0.1) is 17.2 Å². The predicted molar refractivity (Wildman–Crippen MR) is 79.7 cm³/mol. The van der Waals surface area contributed by atoms with Crippen LogP contribution in [0.15, 0.2) is 16.2 Å². The predicted octanol–water partition coefficient (Wildman–Crippen LogP) is 0.927. The molecule has 0 aliphatic heterocycles. The number of fused-ring (bicyclic) bond motifs is 1. The maximum Gasteiger partial charge on any atom is 0.270 e. The molecule has 1 N–H and O–H groups in total. The maximum atomic E-state index is 11.9. The van der Waals surface area contributed by atoms with Crippen molar-refractivity contribution in [3.8, 4) is 0 Å². The van der Waals surface area contributed by atoms with Gasteiger partial charge in [-0.3, -0.25) is 9.59 Å². The molecular formula is C14H16N4O2S. The van der Waals surface area contributed by atoms with Crippen LogP contribution in [0.2, 0.25) is 0 Å². The number of thiazole rings is 1. The van der Waals surface area contributed by atoms with Crippen LogP contribution in [0, 0.1) is 6.92 Å². The van der Waals surface area contributed by atoms with Crippen LogP contribution in [0.1, 0.15) is 33.2 Å². The fourth-order valence-corrected chi connectivity index (χ4v) is 3.03. The first-order valence-corrected chi connectivity index (χ1v) is 7.82. The highest BCUT2D eigenvalue weighted by atomic mass is 32.1. The number of aromatic nitrogens is 3. The first-order valence-electron chi connectivity index (χ1n) is 6.94. The molecule has 0 atom stereocenters. The third kappa shape index (κ3) is 3.02.